The fourth-order valence-electron chi connectivity index (χ4n) is 3.12. The Balaban J connectivity index is 1.83. The summed E-state index contributed by atoms with van der Waals surface area (Å²) >= 11 is 1.93. The zero-order valence-electron chi connectivity index (χ0n) is 12.8. The molecule has 2 aliphatic rings. The van der Waals surface area contributed by atoms with Crippen LogP contribution in [-0.4, -0.2) is 41.6 Å². The molecule has 2 fully saturated rings. The summed E-state index contributed by atoms with van der Waals surface area (Å²) in [6.45, 7) is 2.88. The van der Waals surface area contributed by atoms with E-state index in [0.717, 1.165) is 38.0 Å². The van der Waals surface area contributed by atoms with Crippen LogP contribution in [0.3, 0.4) is 0 Å². The molecule has 3 N–H and O–H groups in total. The Hall–Kier alpha value is -0.910. The van der Waals surface area contributed by atoms with E-state index in [1.54, 1.807) is 0 Å². The maximum atomic E-state index is 12.2. The van der Waals surface area contributed by atoms with Crippen molar-refractivity contribution in [2.75, 3.05) is 12.3 Å². The lowest BCUT2D eigenvalue weighted by Crippen LogP contribution is -2.53. The predicted octanol–water partition coefficient (Wildman–Crippen LogP) is 2.02. The van der Waals surface area contributed by atoms with Crippen molar-refractivity contribution in [2.24, 2.45) is 0 Å². The Morgan fingerprint density at radius 3 is 2.76 bits per heavy atom. The van der Waals surface area contributed by atoms with Crippen molar-refractivity contribution >= 4 is 23.7 Å². The maximum absolute atomic E-state index is 12.2. The first kappa shape index (κ1) is 16.5. The summed E-state index contributed by atoms with van der Waals surface area (Å²) in [6.07, 6.45) is 7.34. The SMILES string of the molecule is CCS[C@@H]1CCCC[C@@H]1NC(=O)N[C@H]1CCCCNC1=O. The summed E-state index contributed by atoms with van der Waals surface area (Å²) < 4.78 is 0. The van der Waals surface area contributed by atoms with E-state index in [1.165, 1.54) is 19.3 Å². The van der Waals surface area contributed by atoms with E-state index < -0.39 is 0 Å². The molecule has 5 nitrogen and oxygen atoms in total. The lowest BCUT2D eigenvalue weighted by Gasteiger charge is -2.32. The van der Waals surface area contributed by atoms with Crippen LogP contribution in [0.1, 0.15) is 51.9 Å². The highest BCUT2D eigenvalue weighted by Crippen LogP contribution is 2.28. The summed E-state index contributed by atoms with van der Waals surface area (Å²) in [6, 6.07) is -0.337. The van der Waals surface area contributed by atoms with Crippen LogP contribution in [0.4, 0.5) is 4.79 Å². The average molecular weight is 313 g/mol. The number of hydrogen-bond acceptors (Lipinski definition) is 3. The molecule has 2 rings (SSSR count). The molecule has 3 atom stereocenters. The van der Waals surface area contributed by atoms with Gasteiger partial charge in [0.2, 0.25) is 5.91 Å². The lowest BCUT2D eigenvalue weighted by atomic mass is 9.95. The van der Waals surface area contributed by atoms with Gasteiger partial charge in [0.25, 0.3) is 0 Å². The highest BCUT2D eigenvalue weighted by molar-refractivity contribution is 7.99. The van der Waals surface area contributed by atoms with Gasteiger partial charge < -0.3 is 16.0 Å². The van der Waals surface area contributed by atoms with Crippen LogP contribution >= 0.6 is 11.8 Å². The first-order chi connectivity index (χ1) is 10.2. The zero-order valence-corrected chi connectivity index (χ0v) is 13.6. The third kappa shape index (κ3) is 5.09. The predicted molar refractivity (Wildman–Crippen MR) is 86.5 cm³/mol. The highest BCUT2D eigenvalue weighted by atomic mass is 32.2. The standard InChI is InChI=1S/C15H27N3O2S/c1-2-21-13-9-4-3-7-11(13)17-15(20)18-12-8-5-6-10-16-14(12)19/h11-13H,2-10H2,1H3,(H,16,19)(H2,17,18,20)/t11-,12-,13+/m0/s1. The van der Waals surface area contributed by atoms with Crippen LogP contribution in [0.5, 0.6) is 0 Å². The summed E-state index contributed by atoms with van der Waals surface area (Å²) in [4.78, 5) is 24.0. The normalized spacial score (nSPS) is 30.1. The molecule has 6 heteroatoms. The Labute approximate surface area is 131 Å². The van der Waals surface area contributed by atoms with Crippen molar-refractivity contribution in [3.63, 3.8) is 0 Å². The number of carbonyl (C=O) groups excluding carboxylic acids is 2. The van der Waals surface area contributed by atoms with Gasteiger partial charge in [0.1, 0.15) is 6.04 Å². The molecule has 1 aliphatic carbocycles. The number of hydrogen-bond donors (Lipinski definition) is 3. The van der Waals surface area contributed by atoms with Gasteiger partial charge >= 0.3 is 6.03 Å². The Bertz CT molecular complexity index is 363. The molecule has 0 aromatic rings. The van der Waals surface area contributed by atoms with Crippen molar-refractivity contribution in [3.8, 4) is 0 Å². The van der Waals surface area contributed by atoms with Gasteiger partial charge in [0.15, 0.2) is 0 Å². The first-order valence-corrected chi connectivity index (χ1v) is 9.22. The highest BCUT2D eigenvalue weighted by Gasteiger charge is 2.28. The molecule has 1 heterocycles. The molecule has 1 aliphatic heterocycles. The maximum Gasteiger partial charge on any atom is 0.315 e. The number of nitrogens with one attached hydrogen (secondary N) is 3. The van der Waals surface area contributed by atoms with Crippen LogP contribution in [0.2, 0.25) is 0 Å². The van der Waals surface area contributed by atoms with Gasteiger partial charge in [-0.15, -0.1) is 0 Å². The molecule has 120 valence electrons. The van der Waals surface area contributed by atoms with Gasteiger partial charge in [-0.1, -0.05) is 19.8 Å². The third-order valence-electron chi connectivity index (χ3n) is 4.24. The zero-order chi connectivity index (χ0) is 15.1. The van der Waals surface area contributed by atoms with Gasteiger partial charge in [-0.2, -0.15) is 11.8 Å². The fraction of sp³-hybridized carbons (Fsp3) is 0.867. The van der Waals surface area contributed by atoms with Crippen LogP contribution in [0.25, 0.3) is 0 Å². The largest absolute Gasteiger partial charge is 0.354 e. The molecular formula is C15H27N3O2S. The molecule has 0 aromatic heterocycles. The van der Waals surface area contributed by atoms with Crippen molar-refractivity contribution in [1.29, 1.82) is 0 Å². The van der Waals surface area contributed by atoms with Gasteiger partial charge in [-0.05, 0) is 37.9 Å². The van der Waals surface area contributed by atoms with E-state index in [1.807, 2.05) is 11.8 Å². The number of carbonyl (C=O) groups is 2. The topological polar surface area (TPSA) is 70.2 Å². The number of urea groups is 1. The van der Waals surface area contributed by atoms with Crippen molar-refractivity contribution in [3.05, 3.63) is 0 Å². The van der Waals surface area contributed by atoms with Gasteiger partial charge in [0, 0.05) is 17.8 Å². The van der Waals surface area contributed by atoms with Crippen LogP contribution in [0.15, 0.2) is 0 Å². The van der Waals surface area contributed by atoms with E-state index in [9.17, 15) is 9.59 Å². The molecular weight excluding hydrogens is 286 g/mol. The second-order valence-corrected chi connectivity index (χ2v) is 7.36. The fourth-order valence-corrected chi connectivity index (χ4v) is 4.32. The quantitative estimate of drug-likeness (QED) is 0.743. The molecule has 0 bridgehead atoms. The van der Waals surface area contributed by atoms with Crippen molar-refractivity contribution in [1.82, 2.24) is 16.0 Å². The molecule has 1 saturated heterocycles. The number of rotatable bonds is 4. The summed E-state index contributed by atoms with van der Waals surface area (Å²) in [5, 5.41) is 9.30. The molecule has 0 radical (unpaired) electrons. The van der Waals surface area contributed by atoms with Crippen molar-refractivity contribution < 1.29 is 9.59 Å². The minimum absolute atomic E-state index is 0.0502. The van der Waals surface area contributed by atoms with Crippen LogP contribution in [-0.2, 0) is 4.79 Å². The average Bonchev–Trinajstić information content (AvgIpc) is 2.67. The molecule has 0 spiro atoms. The van der Waals surface area contributed by atoms with Gasteiger partial charge in [-0.25, -0.2) is 4.79 Å². The molecule has 3 amide bonds. The summed E-state index contributed by atoms with van der Waals surface area (Å²) in [7, 11) is 0. The molecule has 21 heavy (non-hydrogen) atoms. The van der Waals surface area contributed by atoms with Gasteiger partial charge in [-0.3, -0.25) is 4.79 Å². The number of amides is 3. The smallest absolute Gasteiger partial charge is 0.315 e. The first-order valence-electron chi connectivity index (χ1n) is 8.17. The minimum Gasteiger partial charge on any atom is -0.354 e. The third-order valence-corrected chi connectivity index (χ3v) is 5.57. The lowest BCUT2D eigenvalue weighted by molar-refractivity contribution is -0.122. The minimum atomic E-state index is -0.381. The second kappa shape index (κ2) is 8.51. The van der Waals surface area contributed by atoms with E-state index in [2.05, 4.69) is 22.9 Å². The van der Waals surface area contributed by atoms with Crippen LogP contribution < -0.4 is 16.0 Å². The van der Waals surface area contributed by atoms with E-state index in [0.29, 0.717) is 5.25 Å². The monoisotopic (exact) mass is 313 g/mol. The van der Waals surface area contributed by atoms with E-state index in [4.69, 9.17) is 0 Å². The van der Waals surface area contributed by atoms with Crippen LogP contribution in [0, 0.1) is 0 Å². The van der Waals surface area contributed by atoms with Crippen molar-refractivity contribution in [2.45, 2.75) is 69.2 Å². The summed E-state index contributed by atoms with van der Waals surface area (Å²) in [5.74, 6) is 1.03. The van der Waals surface area contributed by atoms with E-state index in [-0.39, 0.29) is 24.0 Å². The van der Waals surface area contributed by atoms with Gasteiger partial charge in [0.05, 0.1) is 0 Å². The summed E-state index contributed by atoms with van der Waals surface area (Å²) in [5.41, 5.74) is 0. The van der Waals surface area contributed by atoms with E-state index >= 15 is 0 Å². The number of thioether (sulfide) groups is 1. The molecule has 0 aromatic carbocycles. The Morgan fingerprint density at radius 1 is 1.19 bits per heavy atom. The molecule has 1 saturated carbocycles. The second-order valence-electron chi connectivity index (χ2n) is 5.84. The Kier molecular flexibility index (Phi) is 6.67. The molecule has 0 unspecified atom stereocenters. The Morgan fingerprint density at radius 2 is 1.95 bits per heavy atom.